The lowest BCUT2D eigenvalue weighted by Gasteiger charge is -2.35. The summed E-state index contributed by atoms with van der Waals surface area (Å²) in [5.74, 6) is 1.04. The van der Waals surface area contributed by atoms with E-state index in [0.717, 1.165) is 68.8 Å². The van der Waals surface area contributed by atoms with Gasteiger partial charge in [0.25, 0.3) is 5.91 Å². The minimum atomic E-state index is 0.0508. The molecule has 3 heterocycles. The van der Waals surface area contributed by atoms with Crippen LogP contribution >= 0.6 is 0 Å². The van der Waals surface area contributed by atoms with Crippen LogP contribution in [-0.2, 0) is 4.79 Å². The average Bonchev–Trinajstić information content (AvgIpc) is 3.34. The molecule has 0 atom stereocenters. The zero-order chi connectivity index (χ0) is 21.8. The van der Waals surface area contributed by atoms with Crippen LogP contribution < -0.4 is 4.90 Å². The zero-order valence-electron chi connectivity index (χ0n) is 18.7. The number of rotatable bonds is 6. The maximum absolute atomic E-state index is 13.5. The number of aromatic nitrogens is 1. The first-order chi connectivity index (χ1) is 15.1. The van der Waals surface area contributed by atoms with Crippen LogP contribution in [0.25, 0.3) is 10.9 Å². The van der Waals surface area contributed by atoms with Gasteiger partial charge in [-0.15, -0.1) is 0 Å². The highest BCUT2D eigenvalue weighted by atomic mass is 16.2. The fraction of sp³-hybridized carbons (Fsp3) is 0.542. The Morgan fingerprint density at radius 1 is 0.968 bits per heavy atom. The second-order valence-electron chi connectivity index (χ2n) is 8.38. The number of pyridine rings is 1. The third-order valence-corrected chi connectivity index (χ3v) is 6.47. The number of benzene rings is 1. The summed E-state index contributed by atoms with van der Waals surface area (Å²) in [6.07, 6.45) is 2.28. The molecule has 0 N–H and O–H groups in total. The lowest BCUT2D eigenvalue weighted by molar-refractivity contribution is -0.132. The SMILES string of the molecule is CCN(CC)C(=O)CN1CCN(C(=O)c2cc3ccccc3nc2N2CCCC2)CC1. The van der Waals surface area contributed by atoms with Gasteiger partial charge in [-0.3, -0.25) is 14.5 Å². The lowest BCUT2D eigenvalue weighted by atomic mass is 10.1. The van der Waals surface area contributed by atoms with Crippen LogP contribution in [0, 0.1) is 0 Å². The van der Waals surface area contributed by atoms with Crippen molar-refractivity contribution in [3.05, 3.63) is 35.9 Å². The molecule has 0 aliphatic carbocycles. The molecule has 0 bridgehead atoms. The van der Waals surface area contributed by atoms with E-state index in [1.54, 1.807) is 0 Å². The van der Waals surface area contributed by atoms with Crippen molar-refractivity contribution in [2.75, 3.05) is 63.8 Å². The number of para-hydroxylation sites is 1. The van der Waals surface area contributed by atoms with Crippen LogP contribution in [0.5, 0.6) is 0 Å². The van der Waals surface area contributed by atoms with Gasteiger partial charge in [-0.25, -0.2) is 4.98 Å². The van der Waals surface area contributed by atoms with Gasteiger partial charge in [-0.1, -0.05) is 18.2 Å². The zero-order valence-corrected chi connectivity index (χ0v) is 18.7. The predicted octanol–water partition coefficient (Wildman–Crippen LogP) is 2.46. The molecule has 2 aliphatic rings. The van der Waals surface area contributed by atoms with Crippen LogP contribution in [0.3, 0.4) is 0 Å². The molecule has 4 rings (SSSR count). The van der Waals surface area contributed by atoms with Crippen molar-refractivity contribution in [1.82, 2.24) is 19.7 Å². The highest BCUT2D eigenvalue weighted by Gasteiger charge is 2.28. The van der Waals surface area contributed by atoms with Gasteiger partial charge in [0, 0.05) is 57.7 Å². The molecule has 166 valence electrons. The van der Waals surface area contributed by atoms with Gasteiger partial charge >= 0.3 is 0 Å². The van der Waals surface area contributed by atoms with Gasteiger partial charge in [0.15, 0.2) is 0 Å². The summed E-state index contributed by atoms with van der Waals surface area (Å²) in [5, 5.41) is 0.997. The summed E-state index contributed by atoms with van der Waals surface area (Å²) in [5.41, 5.74) is 1.63. The summed E-state index contributed by atoms with van der Waals surface area (Å²) in [4.78, 5) is 39.0. The molecule has 7 heteroatoms. The largest absolute Gasteiger partial charge is 0.356 e. The minimum Gasteiger partial charge on any atom is -0.356 e. The molecule has 0 spiro atoms. The van der Waals surface area contributed by atoms with Crippen molar-refractivity contribution < 1.29 is 9.59 Å². The van der Waals surface area contributed by atoms with Crippen LogP contribution in [0.15, 0.2) is 30.3 Å². The second-order valence-corrected chi connectivity index (χ2v) is 8.38. The maximum atomic E-state index is 13.5. The Bertz CT molecular complexity index is 929. The predicted molar refractivity (Wildman–Crippen MR) is 123 cm³/mol. The topological polar surface area (TPSA) is 60.0 Å². The molecule has 2 fully saturated rings. The first kappa shape index (κ1) is 21.6. The third-order valence-electron chi connectivity index (χ3n) is 6.47. The Morgan fingerprint density at radius 2 is 1.65 bits per heavy atom. The number of hydrogen-bond acceptors (Lipinski definition) is 5. The molecule has 2 aliphatic heterocycles. The van der Waals surface area contributed by atoms with Gasteiger partial charge in [-0.2, -0.15) is 0 Å². The summed E-state index contributed by atoms with van der Waals surface area (Å²) in [7, 11) is 0. The van der Waals surface area contributed by atoms with E-state index in [1.165, 1.54) is 0 Å². The Morgan fingerprint density at radius 3 is 2.32 bits per heavy atom. The number of piperazine rings is 1. The first-order valence-electron chi connectivity index (χ1n) is 11.5. The molecular formula is C24H33N5O2. The van der Waals surface area contributed by atoms with E-state index in [4.69, 9.17) is 4.98 Å². The van der Waals surface area contributed by atoms with Gasteiger partial charge in [0.2, 0.25) is 5.91 Å². The fourth-order valence-corrected chi connectivity index (χ4v) is 4.58. The number of carbonyl (C=O) groups excluding carboxylic acids is 2. The first-order valence-corrected chi connectivity index (χ1v) is 11.5. The molecule has 0 saturated carbocycles. The number of likely N-dealkylation sites (N-methyl/N-ethyl adjacent to an activating group) is 1. The highest BCUT2D eigenvalue weighted by molar-refractivity contribution is 6.02. The summed E-state index contributed by atoms with van der Waals surface area (Å²) < 4.78 is 0. The molecule has 1 aromatic heterocycles. The fourth-order valence-electron chi connectivity index (χ4n) is 4.58. The third kappa shape index (κ3) is 4.66. The van der Waals surface area contributed by atoms with Crippen molar-refractivity contribution in [3.8, 4) is 0 Å². The number of nitrogens with zero attached hydrogens (tertiary/aromatic N) is 5. The van der Waals surface area contributed by atoms with Crippen molar-refractivity contribution in [3.63, 3.8) is 0 Å². The normalized spacial score (nSPS) is 17.4. The van der Waals surface area contributed by atoms with E-state index in [9.17, 15) is 9.59 Å². The lowest BCUT2D eigenvalue weighted by Crippen LogP contribution is -2.51. The summed E-state index contributed by atoms with van der Waals surface area (Å²) >= 11 is 0. The van der Waals surface area contributed by atoms with Crippen LogP contribution in [0.1, 0.15) is 37.0 Å². The van der Waals surface area contributed by atoms with Crippen molar-refractivity contribution >= 4 is 28.5 Å². The van der Waals surface area contributed by atoms with E-state index in [0.29, 0.717) is 25.2 Å². The van der Waals surface area contributed by atoms with E-state index >= 15 is 0 Å². The number of anilines is 1. The molecule has 2 saturated heterocycles. The van der Waals surface area contributed by atoms with Crippen molar-refractivity contribution in [2.45, 2.75) is 26.7 Å². The van der Waals surface area contributed by atoms with Crippen molar-refractivity contribution in [2.24, 2.45) is 0 Å². The number of carbonyl (C=O) groups is 2. The highest BCUT2D eigenvalue weighted by Crippen LogP contribution is 2.28. The molecule has 0 radical (unpaired) electrons. The number of hydrogen-bond donors (Lipinski definition) is 0. The molecule has 7 nitrogen and oxygen atoms in total. The monoisotopic (exact) mass is 423 g/mol. The van der Waals surface area contributed by atoms with Crippen LogP contribution in [0.4, 0.5) is 5.82 Å². The number of amides is 2. The van der Waals surface area contributed by atoms with E-state index in [1.807, 2.05) is 54.0 Å². The quantitative estimate of drug-likeness (QED) is 0.714. The number of fused-ring (bicyclic) bond motifs is 1. The molecule has 0 unspecified atom stereocenters. The van der Waals surface area contributed by atoms with E-state index in [-0.39, 0.29) is 11.8 Å². The van der Waals surface area contributed by atoms with Gasteiger partial charge in [0.1, 0.15) is 5.82 Å². The van der Waals surface area contributed by atoms with E-state index in [2.05, 4.69) is 9.80 Å². The standard InChI is InChI=1S/C24H33N5O2/c1-3-27(4-2)22(30)18-26-13-15-29(16-14-26)24(31)20-17-19-9-5-6-10-21(19)25-23(20)28-11-7-8-12-28/h5-6,9-10,17H,3-4,7-8,11-16,18H2,1-2H3. The van der Waals surface area contributed by atoms with Crippen LogP contribution in [0.2, 0.25) is 0 Å². The molecular weight excluding hydrogens is 390 g/mol. The Kier molecular flexibility index (Phi) is 6.70. The van der Waals surface area contributed by atoms with Crippen molar-refractivity contribution in [1.29, 1.82) is 0 Å². The van der Waals surface area contributed by atoms with Gasteiger partial charge in [0.05, 0.1) is 17.6 Å². The smallest absolute Gasteiger partial charge is 0.257 e. The van der Waals surface area contributed by atoms with Crippen LogP contribution in [-0.4, -0.2) is 90.4 Å². The molecule has 1 aromatic carbocycles. The molecule has 31 heavy (non-hydrogen) atoms. The van der Waals surface area contributed by atoms with Gasteiger partial charge in [-0.05, 0) is 38.8 Å². The minimum absolute atomic E-state index is 0.0508. The average molecular weight is 424 g/mol. The molecule has 2 amide bonds. The van der Waals surface area contributed by atoms with E-state index < -0.39 is 0 Å². The Balaban J connectivity index is 1.48. The Hall–Kier alpha value is -2.67. The Labute approximate surface area is 184 Å². The summed E-state index contributed by atoms with van der Waals surface area (Å²) in [6.45, 7) is 10.5. The second kappa shape index (κ2) is 9.64. The summed E-state index contributed by atoms with van der Waals surface area (Å²) in [6, 6.07) is 10.0. The van der Waals surface area contributed by atoms with Gasteiger partial charge < -0.3 is 14.7 Å². The maximum Gasteiger partial charge on any atom is 0.257 e. The molecule has 2 aromatic rings.